The summed E-state index contributed by atoms with van der Waals surface area (Å²) in [6.07, 6.45) is 2.19. The van der Waals surface area contributed by atoms with E-state index in [1.807, 2.05) is 34.6 Å². The first-order valence-electron chi connectivity index (χ1n) is 9.64. The summed E-state index contributed by atoms with van der Waals surface area (Å²) in [7, 11) is -3.18. The normalized spacial score (nSPS) is 18.1. The van der Waals surface area contributed by atoms with Crippen molar-refractivity contribution in [3.8, 4) is 0 Å². The van der Waals surface area contributed by atoms with Gasteiger partial charge < -0.3 is 10.6 Å². The third-order valence-corrected chi connectivity index (χ3v) is 6.59. The zero-order valence-electron chi connectivity index (χ0n) is 16.7. The second-order valence-electron chi connectivity index (χ2n) is 7.89. The van der Waals surface area contributed by atoms with Crippen LogP contribution in [0.5, 0.6) is 0 Å². The molecule has 1 aliphatic heterocycles. The fourth-order valence-corrected chi connectivity index (χ4v) is 4.64. The molecule has 0 aliphatic carbocycles. The van der Waals surface area contributed by atoms with Gasteiger partial charge in [0, 0.05) is 25.6 Å². The summed E-state index contributed by atoms with van der Waals surface area (Å²) >= 11 is 0. The first-order chi connectivity index (χ1) is 12.1. The number of nitrogens with one attached hydrogen (secondary N) is 2. The highest BCUT2D eigenvalue weighted by Crippen LogP contribution is 2.16. The van der Waals surface area contributed by atoms with E-state index in [1.165, 1.54) is 4.31 Å². The van der Waals surface area contributed by atoms with Gasteiger partial charge in [0.25, 0.3) is 0 Å². The SMILES string of the molecule is CCCS(=O)(=O)N1CCC(NC(=O)C(NC(=O)CC(C)C)C(C)C)CC1. The van der Waals surface area contributed by atoms with Crippen LogP contribution in [-0.2, 0) is 19.6 Å². The molecule has 0 aromatic carbocycles. The van der Waals surface area contributed by atoms with Crippen LogP contribution in [0, 0.1) is 11.8 Å². The van der Waals surface area contributed by atoms with Gasteiger partial charge in [-0.3, -0.25) is 9.59 Å². The Balaban J connectivity index is 2.57. The van der Waals surface area contributed by atoms with Crippen molar-refractivity contribution >= 4 is 21.8 Å². The maximum atomic E-state index is 12.6. The third-order valence-electron chi connectivity index (χ3n) is 4.52. The lowest BCUT2D eigenvalue weighted by Crippen LogP contribution is -2.54. The van der Waals surface area contributed by atoms with Gasteiger partial charge in [-0.2, -0.15) is 0 Å². The predicted molar refractivity (Wildman–Crippen MR) is 103 cm³/mol. The van der Waals surface area contributed by atoms with Crippen molar-refractivity contribution in [1.82, 2.24) is 14.9 Å². The quantitative estimate of drug-likeness (QED) is 0.624. The highest BCUT2D eigenvalue weighted by molar-refractivity contribution is 7.89. The second kappa shape index (κ2) is 10.3. The molecule has 26 heavy (non-hydrogen) atoms. The Morgan fingerprint density at radius 1 is 1.12 bits per heavy atom. The zero-order valence-corrected chi connectivity index (χ0v) is 17.6. The number of amides is 2. The second-order valence-corrected chi connectivity index (χ2v) is 9.97. The van der Waals surface area contributed by atoms with Crippen LogP contribution in [0.2, 0.25) is 0 Å². The molecule has 0 aromatic heterocycles. The van der Waals surface area contributed by atoms with E-state index in [1.54, 1.807) is 0 Å². The van der Waals surface area contributed by atoms with Gasteiger partial charge in [0.15, 0.2) is 0 Å². The molecule has 1 atom stereocenters. The van der Waals surface area contributed by atoms with Crippen LogP contribution in [0.25, 0.3) is 0 Å². The van der Waals surface area contributed by atoms with Gasteiger partial charge in [-0.15, -0.1) is 0 Å². The lowest BCUT2D eigenvalue weighted by Gasteiger charge is -2.33. The van der Waals surface area contributed by atoms with Gasteiger partial charge in [-0.1, -0.05) is 34.6 Å². The molecule has 0 bridgehead atoms. The summed E-state index contributed by atoms with van der Waals surface area (Å²) in [5.41, 5.74) is 0. The number of rotatable bonds is 9. The molecule has 0 radical (unpaired) electrons. The lowest BCUT2D eigenvalue weighted by atomic mass is 10.0. The Bertz CT molecular complexity index is 567. The fraction of sp³-hybridized carbons (Fsp3) is 0.889. The van der Waals surface area contributed by atoms with Crippen molar-refractivity contribution in [2.75, 3.05) is 18.8 Å². The van der Waals surface area contributed by atoms with Gasteiger partial charge in [0.1, 0.15) is 6.04 Å². The molecule has 2 amide bonds. The number of carbonyl (C=O) groups excluding carboxylic acids is 2. The van der Waals surface area contributed by atoms with Crippen molar-refractivity contribution in [3.63, 3.8) is 0 Å². The topological polar surface area (TPSA) is 95.6 Å². The van der Waals surface area contributed by atoms with Crippen molar-refractivity contribution in [2.24, 2.45) is 11.8 Å². The van der Waals surface area contributed by atoms with E-state index in [0.717, 1.165) is 0 Å². The number of sulfonamides is 1. The van der Waals surface area contributed by atoms with Gasteiger partial charge in [0.2, 0.25) is 21.8 Å². The molecular formula is C18H35N3O4S. The molecule has 1 aliphatic rings. The Kier molecular flexibility index (Phi) is 9.03. The molecule has 1 fully saturated rings. The highest BCUT2D eigenvalue weighted by atomic mass is 32.2. The van der Waals surface area contributed by atoms with Crippen LogP contribution < -0.4 is 10.6 Å². The predicted octanol–water partition coefficient (Wildman–Crippen LogP) is 1.49. The molecule has 1 heterocycles. The highest BCUT2D eigenvalue weighted by Gasteiger charge is 2.30. The Hall–Kier alpha value is -1.15. The molecule has 152 valence electrons. The van der Waals surface area contributed by atoms with E-state index >= 15 is 0 Å². The molecule has 2 N–H and O–H groups in total. The van der Waals surface area contributed by atoms with Gasteiger partial charge in [0.05, 0.1) is 5.75 Å². The van der Waals surface area contributed by atoms with E-state index in [0.29, 0.717) is 38.8 Å². The van der Waals surface area contributed by atoms with Crippen LogP contribution in [0.1, 0.15) is 60.3 Å². The summed E-state index contributed by atoms with van der Waals surface area (Å²) in [5.74, 6) is 0.0825. The van der Waals surface area contributed by atoms with Crippen molar-refractivity contribution in [2.45, 2.75) is 72.4 Å². The minimum Gasteiger partial charge on any atom is -0.351 e. The smallest absolute Gasteiger partial charge is 0.243 e. The molecule has 0 spiro atoms. The Morgan fingerprint density at radius 2 is 1.69 bits per heavy atom. The zero-order chi connectivity index (χ0) is 19.9. The lowest BCUT2D eigenvalue weighted by molar-refractivity contribution is -0.131. The van der Waals surface area contributed by atoms with E-state index < -0.39 is 16.1 Å². The molecule has 7 nitrogen and oxygen atoms in total. The average molecular weight is 390 g/mol. The molecule has 0 aromatic rings. The minimum atomic E-state index is -3.18. The van der Waals surface area contributed by atoms with Crippen LogP contribution in [0.3, 0.4) is 0 Å². The monoisotopic (exact) mass is 389 g/mol. The largest absolute Gasteiger partial charge is 0.351 e. The maximum absolute atomic E-state index is 12.6. The standard InChI is InChI=1S/C18H35N3O4S/c1-6-11-26(24,25)21-9-7-15(8-10-21)19-18(23)17(14(4)5)20-16(22)12-13(2)3/h13-15,17H,6-12H2,1-5H3,(H,19,23)(H,20,22). The first kappa shape index (κ1) is 22.9. The molecule has 1 rings (SSSR count). The average Bonchev–Trinajstić information content (AvgIpc) is 2.52. The van der Waals surface area contributed by atoms with Gasteiger partial charge >= 0.3 is 0 Å². The summed E-state index contributed by atoms with van der Waals surface area (Å²) in [5, 5.41) is 5.82. The third kappa shape index (κ3) is 7.23. The summed E-state index contributed by atoms with van der Waals surface area (Å²) in [6, 6.07) is -0.623. The van der Waals surface area contributed by atoms with Gasteiger partial charge in [-0.25, -0.2) is 12.7 Å². The molecular weight excluding hydrogens is 354 g/mol. The summed E-state index contributed by atoms with van der Waals surface area (Å²) in [6.45, 7) is 10.4. The Morgan fingerprint density at radius 3 is 2.15 bits per heavy atom. The number of piperidine rings is 1. The summed E-state index contributed by atoms with van der Waals surface area (Å²) < 4.78 is 25.7. The van der Waals surface area contributed by atoms with E-state index in [9.17, 15) is 18.0 Å². The molecule has 8 heteroatoms. The number of carbonyl (C=O) groups is 2. The maximum Gasteiger partial charge on any atom is 0.243 e. The minimum absolute atomic E-state index is 0.0175. The van der Waals surface area contributed by atoms with Crippen LogP contribution in [0.15, 0.2) is 0 Å². The Labute approximate surface area is 158 Å². The summed E-state index contributed by atoms with van der Waals surface area (Å²) in [4.78, 5) is 24.6. The van der Waals surface area contributed by atoms with Crippen LogP contribution in [0.4, 0.5) is 0 Å². The van der Waals surface area contributed by atoms with Crippen LogP contribution in [-0.4, -0.2) is 55.5 Å². The van der Waals surface area contributed by atoms with Crippen LogP contribution >= 0.6 is 0 Å². The van der Waals surface area contributed by atoms with E-state index in [2.05, 4.69) is 10.6 Å². The van der Waals surface area contributed by atoms with E-state index in [-0.39, 0.29) is 35.4 Å². The number of hydrogen-bond acceptors (Lipinski definition) is 4. The van der Waals surface area contributed by atoms with Crippen molar-refractivity contribution in [1.29, 1.82) is 0 Å². The molecule has 0 saturated carbocycles. The van der Waals surface area contributed by atoms with Gasteiger partial charge in [-0.05, 0) is 31.1 Å². The number of nitrogens with zero attached hydrogens (tertiary/aromatic N) is 1. The first-order valence-corrected chi connectivity index (χ1v) is 11.2. The van der Waals surface area contributed by atoms with E-state index in [4.69, 9.17) is 0 Å². The molecule has 1 saturated heterocycles. The van der Waals surface area contributed by atoms with Crippen molar-refractivity contribution in [3.05, 3.63) is 0 Å². The van der Waals surface area contributed by atoms with Crippen molar-refractivity contribution < 1.29 is 18.0 Å². The fourth-order valence-electron chi connectivity index (χ4n) is 3.09. The molecule has 1 unspecified atom stereocenters. The number of hydrogen-bond donors (Lipinski definition) is 2.